The van der Waals surface area contributed by atoms with E-state index in [1.807, 2.05) is 0 Å². The summed E-state index contributed by atoms with van der Waals surface area (Å²) in [7, 11) is 0. The third kappa shape index (κ3) is 11.4. The first-order valence-corrected chi connectivity index (χ1v) is 31.8. The number of rotatable bonds is 25. The van der Waals surface area contributed by atoms with Crippen LogP contribution in [0.15, 0.2) is 0 Å². The molecule has 230 valence electrons. The minimum atomic E-state index is -2.66. The molecule has 0 aliphatic heterocycles. The summed E-state index contributed by atoms with van der Waals surface area (Å²) >= 11 is -5.33. The van der Waals surface area contributed by atoms with Gasteiger partial charge in [-0.25, -0.2) is 0 Å². The van der Waals surface area contributed by atoms with Crippen molar-refractivity contribution in [2.75, 3.05) is 0 Å². The Bertz CT molecular complexity index is 784. The molecule has 0 aliphatic carbocycles. The van der Waals surface area contributed by atoms with Crippen LogP contribution in [-0.2, 0) is 12.8 Å². The number of unbranched alkanes of at least 4 members (excludes halogenated alkanes) is 7. The molecule has 0 saturated carbocycles. The molecule has 0 aromatic carbocycles. The zero-order valence-corrected chi connectivity index (χ0v) is 32.8. The number of aromatic nitrogens is 8. The maximum atomic E-state index is 5.06. The van der Waals surface area contributed by atoms with Crippen molar-refractivity contribution < 1.29 is 0 Å². The van der Waals surface area contributed by atoms with E-state index in [9.17, 15) is 0 Å². The van der Waals surface area contributed by atoms with Crippen molar-refractivity contribution in [3.8, 4) is 0 Å². The van der Waals surface area contributed by atoms with Crippen LogP contribution >= 0.6 is 0 Å². The number of nitrogens with zero attached hydrogens (tertiary/aromatic N) is 8. The fourth-order valence-electron chi connectivity index (χ4n) is 6.04. The van der Waals surface area contributed by atoms with Gasteiger partial charge in [0.2, 0.25) is 0 Å². The SMILES string of the molecule is CCC[CH2][Sn]([CH2]CCC)([CH2]CCC)[n]1nnc(CCCCc2nn[n]([Sn]([CH2]CCC)([CH2]CCC)[CH2]CCC)n2)n1. The van der Waals surface area contributed by atoms with Crippen molar-refractivity contribution in [2.24, 2.45) is 0 Å². The molecular formula is C30H62N8Sn2. The Morgan fingerprint density at radius 2 is 0.700 bits per heavy atom. The van der Waals surface area contributed by atoms with Gasteiger partial charge >= 0.3 is 257 Å². The molecular weight excluding hydrogens is 710 g/mol. The van der Waals surface area contributed by atoms with Crippen molar-refractivity contribution in [1.29, 1.82) is 0 Å². The van der Waals surface area contributed by atoms with Crippen LogP contribution in [0.25, 0.3) is 0 Å². The molecule has 0 N–H and O–H groups in total. The topological polar surface area (TPSA) is 87.2 Å². The first-order chi connectivity index (χ1) is 19.5. The summed E-state index contributed by atoms with van der Waals surface area (Å²) in [6, 6.07) is 0. The normalized spacial score (nSPS) is 12.4. The van der Waals surface area contributed by atoms with Crippen molar-refractivity contribution in [2.45, 2.75) is 171 Å². The van der Waals surface area contributed by atoms with Gasteiger partial charge < -0.3 is 0 Å². The molecule has 0 amide bonds. The molecule has 2 heterocycles. The Hall–Kier alpha value is -0.263. The average molecular weight is 772 g/mol. The van der Waals surface area contributed by atoms with E-state index in [1.54, 1.807) is 0 Å². The van der Waals surface area contributed by atoms with E-state index in [1.165, 1.54) is 104 Å². The molecule has 0 radical (unpaired) electrons. The van der Waals surface area contributed by atoms with Gasteiger partial charge in [0.25, 0.3) is 0 Å². The summed E-state index contributed by atoms with van der Waals surface area (Å²) in [5, 5.41) is 28.7. The van der Waals surface area contributed by atoms with Crippen molar-refractivity contribution >= 4 is 37.3 Å². The molecule has 2 rings (SSSR count). The van der Waals surface area contributed by atoms with Gasteiger partial charge in [-0.3, -0.25) is 0 Å². The minimum absolute atomic E-state index is 0.901. The molecule has 2 aromatic rings. The molecule has 0 fully saturated rings. The van der Waals surface area contributed by atoms with Gasteiger partial charge in [0.1, 0.15) is 0 Å². The first kappa shape index (κ1) is 35.9. The van der Waals surface area contributed by atoms with Crippen LogP contribution in [0, 0.1) is 0 Å². The number of hydrogen-bond donors (Lipinski definition) is 0. The molecule has 0 saturated heterocycles. The third-order valence-electron chi connectivity index (χ3n) is 8.78. The van der Waals surface area contributed by atoms with Crippen LogP contribution in [0.3, 0.4) is 0 Å². The zero-order chi connectivity index (χ0) is 29.1. The van der Waals surface area contributed by atoms with Crippen LogP contribution in [-0.4, -0.2) is 74.2 Å². The molecule has 10 heteroatoms. The van der Waals surface area contributed by atoms with Gasteiger partial charge in [0, 0.05) is 0 Å². The molecule has 0 aliphatic rings. The van der Waals surface area contributed by atoms with E-state index < -0.39 is 37.3 Å². The van der Waals surface area contributed by atoms with Gasteiger partial charge in [-0.05, 0) is 0 Å². The summed E-state index contributed by atoms with van der Waals surface area (Å²) < 4.78 is 12.6. The summed E-state index contributed by atoms with van der Waals surface area (Å²) in [4.78, 5) is 0. The molecule has 0 bridgehead atoms. The summed E-state index contributed by atoms with van der Waals surface area (Å²) in [5.74, 6) is 1.88. The van der Waals surface area contributed by atoms with Gasteiger partial charge in [-0.15, -0.1) is 0 Å². The van der Waals surface area contributed by atoms with Gasteiger partial charge in [0.05, 0.1) is 0 Å². The van der Waals surface area contributed by atoms with Crippen LogP contribution in [0.1, 0.15) is 143 Å². The predicted molar refractivity (Wildman–Crippen MR) is 173 cm³/mol. The third-order valence-corrected chi connectivity index (χ3v) is 36.7. The Kier molecular flexibility index (Phi) is 18.5. The Balaban J connectivity index is 2.02. The van der Waals surface area contributed by atoms with E-state index >= 15 is 0 Å². The Morgan fingerprint density at radius 3 is 0.950 bits per heavy atom. The second-order valence-electron chi connectivity index (χ2n) is 12.3. The molecule has 40 heavy (non-hydrogen) atoms. The number of hydrogen-bond acceptors (Lipinski definition) is 6. The van der Waals surface area contributed by atoms with E-state index in [4.69, 9.17) is 20.6 Å². The Labute approximate surface area is 255 Å². The van der Waals surface area contributed by atoms with Crippen LogP contribution in [0.2, 0.25) is 26.6 Å². The summed E-state index contributed by atoms with van der Waals surface area (Å²) in [6.07, 6.45) is 19.4. The standard InChI is InChI=1S/C6H8N8.6C4H9.2Sn/c1(3-5-7-11-12-8-5)2-4-6-9-13-14-10-6;6*1-3-4-2;;/h1-4H2;6*1,3-4H2,2H3;;/q-2;;;;;;;2*+1. The van der Waals surface area contributed by atoms with E-state index in [0.717, 1.165) is 37.3 Å². The second kappa shape index (κ2) is 20.6. The monoisotopic (exact) mass is 774 g/mol. The van der Waals surface area contributed by atoms with Crippen LogP contribution in [0.5, 0.6) is 0 Å². The zero-order valence-electron chi connectivity index (χ0n) is 27.1. The van der Waals surface area contributed by atoms with Crippen molar-refractivity contribution in [3.05, 3.63) is 11.6 Å². The maximum absolute atomic E-state index is 5.06. The van der Waals surface area contributed by atoms with Crippen LogP contribution in [0.4, 0.5) is 0 Å². The van der Waals surface area contributed by atoms with Crippen molar-refractivity contribution in [3.63, 3.8) is 0 Å². The molecule has 8 nitrogen and oxygen atoms in total. The molecule has 0 spiro atoms. The number of aryl methyl sites for hydroxylation is 2. The quantitative estimate of drug-likeness (QED) is 0.0743. The second-order valence-corrected chi connectivity index (χ2v) is 37.1. The molecule has 0 unspecified atom stereocenters. The fourth-order valence-corrected chi connectivity index (χ4v) is 34.3. The average Bonchev–Trinajstić information content (AvgIpc) is 3.66. The number of tetrazole rings is 2. The summed E-state index contributed by atoms with van der Waals surface area (Å²) in [5.41, 5.74) is 0. The summed E-state index contributed by atoms with van der Waals surface area (Å²) in [6.45, 7) is 13.9. The van der Waals surface area contributed by atoms with Crippen molar-refractivity contribution in [1.82, 2.24) is 36.9 Å². The van der Waals surface area contributed by atoms with E-state index in [0.29, 0.717) is 0 Å². The van der Waals surface area contributed by atoms with Gasteiger partial charge in [-0.2, -0.15) is 0 Å². The van der Waals surface area contributed by atoms with E-state index in [2.05, 4.69) is 57.8 Å². The van der Waals surface area contributed by atoms with Crippen LogP contribution < -0.4 is 0 Å². The molecule has 0 atom stereocenters. The predicted octanol–water partition coefficient (Wildman–Crippen LogP) is 8.61. The first-order valence-electron chi connectivity index (χ1n) is 17.1. The van der Waals surface area contributed by atoms with Gasteiger partial charge in [0.15, 0.2) is 0 Å². The fraction of sp³-hybridized carbons (Fsp3) is 0.933. The van der Waals surface area contributed by atoms with Gasteiger partial charge in [-0.1, -0.05) is 0 Å². The Morgan fingerprint density at radius 1 is 0.425 bits per heavy atom. The molecule has 2 aromatic heterocycles. The van der Waals surface area contributed by atoms with E-state index in [-0.39, 0.29) is 0 Å².